The topological polar surface area (TPSA) is 55.6 Å². The van der Waals surface area contributed by atoms with Gasteiger partial charge in [0.2, 0.25) is 0 Å². The minimum atomic E-state index is 0.0329. The summed E-state index contributed by atoms with van der Waals surface area (Å²) in [4.78, 5) is 14.4. The number of rotatable bonds is 4. The van der Waals surface area contributed by atoms with E-state index in [4.69, 9.17) is 10.5 Å². The van der Waals surface area contributed by atoms with Gasteiger partial charge in [-0.25, -0.2) is 0 Å². The SMILES string of the molecule is Nc1ccccc1C(=O)N1CCC(COc2ccccc2)CC1. The largest absolute Gasteiger partial charge is 0.493 e. The highest BCUT2D eigenvalue weighted by Crippen LogP contribution is 2.22. The fourth-order valence-electron chi connectivity index (χ4n) is 2.90. The Morgan fingerprint density at radius 2 is 1.70 bits per heavy atom. The number of para-hydroxylation sites is 2. The number of piperidine rings is 1. The molecule has 2 aromatic rings. The van der Waals surface area contributed by atoms with Gasteiger partial charge >= 0.3 is 0 Å². The molecule has 0 spiro atoms. The minimum Gasteiger partial charge on any atom is -0.493 e. The minimum absolute atomic E-state index is 0.0329. The van der Waals surface area contributed by atoms with Crippen molar-refractivity contribution in [1.82, 2.24) is 4.90 Å². The summed E-state index contributed by atoms with van der Waals surface area (Å²) in [6, 6.07) is 17.1. The highest BCUT2D eigenvalue weighted by atomic mass is 16.5. The van der Waals surface area contributed by atoms with Gasteiger partial charge in [0.25, 0.3) is 5.91 Å². The van der Waals surface area contributed by atoms with Crippen molar-refractivity contribution < 1.29 is 9.53 Å². The van der Waals surface area contributed by atoms with Gasteiger partial charge in [-0.15, -0.1) is 0 Å². The lowest BCUT2D eigenvalue weighted by molar-refractivity contribution is 0.0662. The lowest BCUT2D eigenvalue weighted by Gasteiger charge is -2.32. The average molecular weight is 310 g/mol. The third kappa shape index (κ3) is 3.83. The first kappa shape index (κ1) is 15.4. The average Bonchev–Trinajstić information content (AvgIpc) is 2.61. The lowest BCUT2D eigenvalue weighted by Crippen LogP contribution is -2.39. The molecule has 1 amide bonds. The van der Waals surface area contributed by atoms with Gasteiger partial charge < -0.3 is 15.4 Å². The zero-order valence-electron chi connectivity index (χ0n) is 13.2. The normalized spacial score (nSPS) is 15.4. The molecular weight excluding hydrogens is 288 g/mol. The summed E-state index contributed by atoms with van der Waals surface area (Å²) in [6.07, 6.45) is 1.93. The van der Waals surface area contributed by atoms with E-state index in [1.54, 1.807) is 12.1 Å². The van der Waals surface area contributed by atoms with Gasteiger partial charge in [0.15, 0.2) is 0 Å². The van der Waals surface area contributed by atoms with Gasteiger partial charge in [-0.3, -0.25) is 4.79 Å². The molecule has 1 aliphatic rings. The molecule has 2 N–H and O–H groups in total. The van der Waals surface area contributed by atoms with Gasteiger partial charge in [0.1, 0.15) is 5.75 Å². The van der Waals surface area contributed by atoms with Crippen LogP contribution < -0.4 is 10.5 Å². The zero-order valence-corrected chi connectivity index (χ0v) is 13.2. The van der Waals surface area contributed by atoms with Gasteiger partial charge in [0, 0.05) is 18.8 Å². The van der Waals surface area contributed by atoms with E-state index in [2.05, 4.69) is 0 Å². The number of likely N-dealkylation sites (tertiary alicyclic amines) is 1. The smallest absolute Gasteiger partial charge is 0.255 e. The molecule has 0 aliphatic carbocycles. The van der Waals surface area contributed by atoms with Crippen LogP contribution in [0.25, 0.3) is 0 Å². The van der Waals surface area contributed by atoms with Crippen molar-refractivity contribution in [2.24, 2.45) is 5.92 Å². The number of carbonyl (C=O) groups is 1. The van der Waals surface area contributed by atoms with Crippen LogP contribution in [-0.4, -0.2) is 30.5 Å². The van der Waals surface area contributed by atoms with Crippen LogP contribution in [0.2, 0.25) is 0 Å². The molecule has 1 heterocycles. The number of amides is 1. The first-order chi connectivity index (χ1) is 11.2. The quantitative estimate of drug-likeness (QED) is 0.882. The molecule has 1 fully saturated rings. The van der Waals surface area contributed by atoms with Crippen LogP contribution in [0.4, 0.5) is 5.69 Å². The molecule has 3 rings (SSSR count). The third-order valence-electron chi connectivity index (χ3n) is 4.32. The number of hydrogen-bond acceptors (Lipinski definition) is 3. The van der Waals surface area contributed by atoms with Crippen LogP contribution in [-0.2, 0) is 0 Å². The Labute approximate surface area is 136 Å². The number of anilines is 1. The molecule has 1 aliphatic heterocycles. The summed E-state index contributed by atoms with van der Waals surface area (Å²) in [5.74, 6) is 1.43. The third-order valence-corrected chi connectivity index (χ3v) is 4.32. The molecule has 0 radical (unpaired) electrons. The molecule has 0 atom stereocenters. The van der Waals surface area contributed by atoms with Crippen LogP contribution >= 0.6 is 0 Å². The number of benzene rings is 2. The molecule has 0 unspecified atom stereocenters. The molecule has 2 aromatic carbocycles. The number of hydrogen-bond donors (Lipinski definition) is 1. The summed E-state index contributed by atoms with van der Waals surface area (Å²) < 4.78 is 5.82. The first-order valence-corrected chi connectivity index (χ1v) is 8.05. The molecular formula is C19H22N2O2. The second-order valence-corrected chi connectivity index (χ2v) is 5.95. The number of nitrogens with two attached hydrogens (primary N) is 1. The molecule has 0 saturated carbocycles. The van der Waals surface area contributed by atoms with Gasteiger partial charge in [0.05, 0.1) is 12.2 Å². The van der Waals surface area contributed by atoms with Crippen LogP contribution in [0.1, 0.15) is 23.2 Å². The van der Waals surface area contributed by atoms with Crippen molar-refractivity contribution in [1.29, 1.82) is 0 Å². The van der Waals surface area contributed by atoms with Crippen molar-refractivity contribution in [3.05, 3.63) is 60.2 Å². The van der Waals surface area contributed by atoms with E-state index in [1.165, 1.54) is 0 Å². The summed E-state index contributed by atoms with van der Waals surface area (Å²) in [7, 11) is 0. The van der Waals surface area contributed by atoms with Gasteiger partial charge in [-0.2, -0.15) is 0 Å². The van der Waals surface area contributed by atoms with Crippen LogP contribution in [0, 0.1) is 5.92 Å². The maximum absolute atomic E-state index is 12.5. The Kier molecular flexibility index (Phi) is 4.81. The van der Waals surface area contributed by atoms with E-state index < -0.39 is 0 Å². The van der Waals surface area contributed by atoms with Gasteiger partial charge in [-0.1, -0.05) is 30.3 Å². The number of ether oxygens (including phenoxy) is 1. The van der Waals surface area contributed by atoms with Crippen LogP contribution in [0.5, 0.6) is 5.75 Å². The Balaban J connectivity index is 1.50. The number of carbonyl (C=O) groups excluding carboxylic acids is 1. The maximum Gasteiger partial charge on any atom is 0.255 e. The molecule has 1 saturated heterocycles. The van der Waals surface area contributed by atoms with E-state index in [-0.39, 0.29) is 5.91 Å². The van der Waals surface area contributed by atoms with E-state index in [9.17, 15) is 4.79 Å². The fourth-order valence-corrected chi connectivity index (χ4v) is 2.90. The highest BCUT2D eigenvalue weighted by Gasteiger charge is 2.24. The monoisotopic (exact) mass is 310 g/mol. The van der Waals surface area contributed by atoms with E-state index in [1.807, 2.05) is 47.4 Å². The van der Waals surface area contributed by atoms with Crippen molar-refractivity contribution in [2.75, 3.05) is 25.4 Å². The Hall–Kier alpha value is -2.49. The Morgan fingerprint density at radius 1 is 1.04 bits per heavy atom. The molecule has 4 nitrogen and oxygen atoms in total. The second-order valence-electron chi connectivity index (χ2n) is 5.95. The Bertz CT molecular complexity index is 649. The first-order valence-electron chi connectivity index (χ1n) is 8.05. The van der Waals surface area contributed by atoms with E-state index >= 15 is 0 Å². The van der Waals surface area contributed by atoms with Crippen LogP contribution in [0.3, 0.4) is 0 Å². The molecule has 0 aromatic heterocycles. The number of nitrogens with zero attached hydrogens (tertiary/aromatic N) is 1. The zero-order chi connectivity index (χ0) is 16.1. The van der Waals surface area contributed by atoms with Crippen molar-refractivity contribution in [2.45, 2.75) is 12.8 Å². The van der Waals surface area contributed by atoms with Gasteiger partial charge in [-0.05, 0) is 43.0 Å². The summed E-state index contributed by atoms with van der Waals surface area (Å²) >= 11 is 0. The second kappa shape index (κ2) is 7.18. The van der Waals surface area contributed by atoms with E-state index in [0.717, 1.165) is 31.7 Å². The Morgan fingerprint density at radius 3 is 2.39 bits per heavy atom. The summed E-state index contributed by atoms with van der Waals surface area (Å²) in [5, 5.41) is 0. The molecule has 4 heteroatoms. The summed E-state index contributed by atoms with van der Waals surface area (Å²) in [5.41, 5.74) is 7.05. The predicted octanol–water partition coefficient (Wildman–Crippen LogP) is 3.20. The number of nitrogen functional groups attached to an aromatic ring is 1. The molecule has 0 bridgehead atoms. The van der Waals surface area contributed by atoms with E-state index in [0.29, 0.717) is 23.8 Å². The van der Waals surface area contributed by atoms with Crippen molar-refractivity contribution >= 4 is 11.6 Å². The van der Waals surface area contributed by atoms with Crippen molar-refractivity contribution in [3.63, 3.8) is 0 Å². The summed E-state index contributed by atoms with van der Waals surface area (Å²) in [6.45, 7) is 2.23. The lowest BCUT2D eigenvalue weighted by atomic mass is 9.97. The fraction of sp³-hybridized carbons (Fsp3) is 0.316. The van der Waals surface area contributed by atoms with Crippen LogP contribution in [0.15, 0.2) is 54.6 Å². The molecule has 23 heavy (non-hydrogen) atoms. The predicted molar refractivity (Wildman–Crippen MR) is 91.4 cm³/mol. The molecule has 120 valence electrons. The maximum atomic E-state index is 12.5. The highest BCUT2D eigenvalue weighted by molar-refractivity contribution is 5.99. The van der Waals surface area contributed by atoms with Crippen molar-refractivity contribution in [3.8, 4) is 5.75 Å². The standard InChI is InChI=1S/C19H22N2O2/c20-18-9-5-4-8-17(18)19(22)21-12-10-15(11-13-21)14-23-16-6-2-1-3-7-16/h1-9,15H,10-14,20H2.